The number of carbonyl (C=O) groups is 2. The third-order valence-electron chi connectivity index (χ3n) is 5.70. The second-order valence-corrected chi connectivity index (χ2v) is 9.20. The predicted molar refractivity (Wildman–Crippen MR) is 137 cm³/mol. The Kier molecular flexibility index (Phi) is 7.35. The summed E-state index contributed by atoms with van der Waals surface area (Å²) in [5, 5.41) is 15.1. The van der Waals surface area contributed by atoms with Crippen LogP contribution in [0.15, 0.2) is 42.5 Å². The SMILES string of the molecule is COc1cc(NC(=O)N2CCCC2C(=O)Nc2nnc(-c3ccc(N(C)C)cc3)s2)cc(OC)c1. The lowest BCUT2D eigenvalue weighted by Crippen LogP contribution is -2.45. The number of rotatable bonds is 7. The minimum Gasteiger partial charge on any atom is -0.497 e. The van der Waals surface area contributed by atoms with Crippen molar-refractivity contribution in [3.05, 3.63) is 42.5 Å². The number of methoxy groups -OCH3 is 2. The van der Waals surface area contributed by atoms with E-state index in [0.717, 1.165) is 17.7 Å². The summed E-state index contributed by atoms with van der Waals surface area (Å²) in [5.41, 5.74) is 2.52. The minimum absolute atomic E-state index is 0.286. The van der Waals surface area contributed by atoms with Crippen LogP contribution < -0.4 is 25.0 Å². The summed E-state index contributed by atoms with van der Waals surface area (Å²) < 4.78 is 10.5. The highest BCUT2D eigenvalue weighted by molar-refractivity contribution is 7.18. The van der Waals surface area contributed by atoms with Crippen molar-refractivity contribution in [2.24, 2.45) is 0 Å². The summed E-state index contributed by atoms with van der Waals surface area (Å²) in [6.07, 6.45) is 1.30. The number of carbonyl (C=O) groups excluding carboxylic acids is 2. The van der Waals surface area contributed by atoms with Crippen molar-refractivity contribution in [2.75, 3.05) is 50.4 Å². The van der Waals surface area contributed by atoms with Gasteiger partial charge in [0.1, 0.15) is 22.5 Å². The van der Waals surface area contributed by atoms with Crippen LogP contribution in [0.5, 0.6) is 11.5 Å². The average Bonchev–Trinajstić information content (AvgIpc) is 3.54. The smallest absolute Gasteiger partial charge is 0.322 e. The van der Waals surface area contributed by atoms with Gasteiger partial charge in [-0.25, -0.2) is 4.79 Å². The van der Waals surface area contributed by atoms with Crippen LogP contribution in [-0.2, 0) is 4.79 Å². The number of nitrogens with zero attached hydrogens (tertiary/aromatic N) is 4. The van der Waals surface area contributed by atoms with Gasteiger partial charge in [-0.3, -0.25) is 10.1 Å². The van der Waals surface area contributed by atoms with E-state index in [2.05, 4.69) is 20.8 Å². The van der Waals surface area contributed by atoms with E-state index in [1.807, 2.05) is 43.3 Å². The quantitative estimate of drug-likeness (QED) is 0.510. The van der Waals surface area contributed by atoms with Gasteiger partial charge in [0.25, 0.3) is 0 Å². The Balaban J connectivity index is 1.41. The highest BCUT2D eigenvalue weighted by Gasteiger charge is 2.34. The number of ether oxygens (including phenoxy) is 2. The Bertz CT molecular complexity index is 1170. The van der Waals surface area contributed by atoms with Crippen molar-refractivity contribution in [3.63, 3.8) is 0 Å². The van der Waals surface area contributed by atoms with Crippen molar-refractivity contribution in [1.29, 1.82) is 0 Å². The molecular weight excluding hydrogens is 468 g/mol. The zero-order valence-electron chi connectivity index (χ0n) is 20.1. The standard InChI is InChI=1S/C24H28N6O4S/c1-29(2)17-9-7-15(8-10-17)22-27-28-23(35-22)26-21(31)20-6-5-11-30(20)24(32)25-16-12-18(33-3)14-19(13-16)34-4/h7-10,12-14,20H,5-6,11H2,1-4H3,(H,25,32)(H,26,28,31). The van der Waals surface area contributed by atoms with Crippen LogP contribution in [0.2, 0.25) is 0 Å². The molecule has 1 aliphatic heterocycles. The first kappa shape index (κ1) is 24.3. The molecule has 1 saturated heterocycles. The zero-order valence-corrected chi connectivity index (χ0v) is 20.9. The van der Waals surface area contributed by atoms with Crippen molar-refractivity contribution in [2.45, 2.75) is 18.9 Å². The van der Waals surface area contributed by atoms with Crippen LogP contribution in [0.3, 0.4) is 0 Å². The van der Waals surface area contributed by atoms with E-state index in [9.17, 15) is 9.59 Å². The molecule has 2 heterocycles. The Morgan fingerprint density at radius 2 is 1.71 bits per heavy atom. The zero-order chi connectivity index (χ0) is 24.9. The summed E-state index contributed by atoms with van der Waals surface area (Å²) in [7, 11) is 7.04. The van der Waals surface area contributed by atoms with Gasteiger partial charge in [0.05, 0.1) is 14.2 Å². The van der Waals surface area contributed by atoms with E-state index in [0.29, 0.717) is 40.3 Å². The number of anilines is 3. The van der Waals surface area contributed by atoms with Gasteiger partial charge in [0.2, 0.25) is 11.0 Å². The van der Waals surface area contributed by atoms with E-state index in [-0.39, 0.29) is 11.9 Å². The summed E-state index contributed by atoms with van der Waals surface area (Å²) in [5.74, 6) is 0.823. The second kappa shape index (κ2) is 10.6. The fourth-order valence-corrected chi connectivity index (χ4v) is 4.59. The predicted octanol–water partition coefficient (Wildman–Crippen LogP) is 3.92. The number of likely N-dealkylation sites (tertiary alicyclic amines) is 1. The molecule has 3 amide bonds. The number of benzene rings is 2. The lowest BCUT2D eigenvalue weighted by molar-refractivity contribution is -0.119. The summed E-state index contributed by atoms with van der Waals surface area (Å²) in [4.78, 5) is 29.5. The number of nitrogens with one attached hydrogen (secondary N) is 2. The lowest BCUT2D eigenvalue weighted by Gasteiger charge is -2.24. The first-order valence-electron chi connectivity index (χ1n) is 11.1. The molecule has 11 heteroatoms. The normalized spacial score (nSPS) is 15.0. The van der Waals surface area contributed by atoms with Crippen molar-refractivity contribution < 1.29 is 19.1 Å². The van der Waals surface area contributed by atoms with Crippen LogP contribution in [0.1, 0.15) is 12.8 Å². The third-order valence-corrected chi connectivity index (χ3v) is 6.59. The van der Waals surface area contributed by atoms with Crippen LogP contribution >= 0.6 is 11.3 Å². The maximum Gasteiger partial charge on any atom is 0.322 e. The molecule has 2 N–H and O–H groups in total. The van der Waals surface area contributed by atoms with Gasteiger partial charge < -0.3 is 24.6 Å². The molecular formula is C24H28N6O4S. The number of aromatic nitrogens is 2. The van der Waals surface area contributed by atoms with Crippen LogP contribution in [0.25, 0.3) is 10.6 Å². The molecule has 3 aromatic rings. The fourth-order valence-electron chi connectivity index (χ4n) is 3.84. The Morgan fingerprint density at radius 1 is 1.03 bits per heavy atom. The third kappa shape index (κ3) is 5.62. The van der Waals surface area contributed by atoms with E-state index < -0.39 is 6.04 Å². The highest BCUT2D eigenvalue weighted by atomic mass is 32.1. The van der Waals surface area contributed by atoms with Gasteiger partial charge in [-0.15, -0.1) is 10.2 Å². The van der Waals surface area contributed by atoms with Gasteiger partial charge in [-0.05, 0) is 37.1 Å². The Labute approximate surface area is 207 Å². The molecule has 35 heavy (non-hydrogen) atoms. The summed E-state index contributed by atoms with van der Waals surface area (Å²) in [6, 6.07) is 12.1. The molecule has 4 rings (SSSR count). The summed E-state index contributed by atoms with van der Waals surface area (Å²) >= 11 is 1.29. The van der Waals surface area contributed by atoms with E-state index in [1.165, 1.54) is 16.2 Å². The molecule has 0 bridgehead atoms. The molecule has 184 valence electrons. The molecule has 1 aliphatic rings. The molecule has 1 fully saturated rings. The van der Waals surface area contributed by atoms with Crippen molar-refractivity contribution in [1.82, 2.24) is 15.1 Å². The first-order chi connectivity index (χ1) is 16.9. The monoisotopic (exact) mass is 496 g/mol. The molecule has 10 nitrogen and oxygen atoms in total. The van der Waals surface area contributed by atoms with Crippen LogP contribution in [0.4, 0.5) is 21.3 Å². The first-order valence-corrected chi connectivity index (χ1v) is 11.9. The Morgan fingerprint density at radius 3 is 2.34 bits per heavy atom. The number of amides is 3. The van der Waals surface area contributed by atoms with E-state index >= 15 is 0 Å². The molecule has 0 radical (unpaired) electrons. The highest BCUT2D eigenvalue weighted by Crippen LogP contribution is 2.30. The van der Waals surface area contributed by atoms with Gasteiger partial charge in [-0.2, -0.15) is 0 Å². The van der Waals surface area contributed by atoms with Gasteiger partial charge >= 0.3 is 6.03 Å². The van der Waals surface area contributed by atoms with Crippen LogP contribution in [-0.4, -0.2) is 67.9 Å². The van der Waals surface area contributed by atoms with Crippen molar-refractivity contribution >= 4 is 39.8 Å². The molecule has 1 aromatic heterocycles. The second-order valence-electron chi connectivity index (χ2n) is 8.23. The van der Waals surface area contributed by atoms with Crippen molar-refractivity contribution in [3.8, 4) is 22.1 Å². The molecule has 0 spiro atoms. The van der Waals surface area contributed by atoms with E-state index in [4.69, 9.17) is 9.47 Å². The number of hydrogen-bond acceptors (Lipinski definition) is 8. The van der Waals surface area contributed by atoms with Gasteiger partial charge in [0, 0.05) is 55.8 Å². The topological polar surface area (TPSA) is 109 Å². The Hall–Kier alpha value is -3.86. The minimum atomic E-state index is -0.603. The average molecular weight is 497 g/mol. The number of hydrogen-bond donors (Lipinski definition) is 2. The molecule has 1 atom stereocenters. The molecule has 2 aromatic carbocycles. The molecule has 0 saturated carbocycles. The van der Waals surface area contributed by atoms with Crippen LogP contribution in [0, 0.1) is 0 Å². The maximum absolute atomic E-state index is 13.0. The fraction of sp³-hybridized carbons (Fsp3) is 0.333. The maximum atomic E-state index is 13.0. The molecule has 1 unspecified atom stereocenters. The van der Waals surface area contributed by atoms with Gasteiger partial charge in [0.15, 0.2) is 0 Å². The summed E-state index contributed by atoms with van der Waals surface area (Å²) in [6.45, 7) is 0.477. The van der Waals surface area contributed by atoms with Gasteiger partial charge in [-0.1, -0.05) is 11.3 Å². The lowest BCUT2D eigenvalue weighted by atomic mass is 10.2. The van der Waals surface area contributed by atoms with E-state index in [1.54, 1.807) is 32.4 Å². The molecule has 0 aliphatic carbocycles. The number of urea groups is 1. The largest absolute Gasteiger partial charge is 0.497 e.